The van der Waals surface area contributed by atoms with Crippen molar-refractivity contribution in [3.63, 3.8) is 0 Å². The first-order valence-electron chi connectivity index (χ1n) is 3.87. The molecule has 0 saturated carbocycles. The summed E-state index contributed by atoms with van der Waals surface area (Å²) < 4.78 is 28.2. The maximum Gasteiger partial charge on any atom is 0.388 e. The van der Waals surface area contributed by atoms with Crippen molar-refractivity contribution in [1.29, 1.82) is 0 Å². The number of nitrogens with zero attached hydrogens (tertiary/aromatic N) is 1. The lowest BCUT2D eigenvalue weighted by Gasteiger charge is -2.10. The largest absolute Gasteiger partial charge is 0.416 e. The molecule has 0 aliphatic rings. The zero-order valence-electron chi connectivity index (χ0n) is 7.63. The predicted octanol–water partition coefficient (Wildman–Crippen LogP) is 2.23. The zero-order valence-corrected chi connectivity index (χ0v) is 9.20. The van der Waals surface area contributed by atoms with Crippen molar-refractivity contribution in [1.82, 2.24) is 10.3 Å². The number of ether oxygens (including phenoxy) is 1. The van der Waals surface area contributed by atoms with Crippen LogP contribution in [0, 0.1) is 0 Å². The molecular formula is C8H7ClF2N2OS. The molecule has 7 heteroatoms. The van der Waals surface area contributed by atoms with Crippen molar-refractivity contribution >= 4 is 28.8 Å². The van der Waals surface area contributed by atoms with Crippen molar-refractivity contribution in [2.75, 3.05) is 7.05 Å². The SMILES string of the molecule is CNC(=S)c1cc(Cl)cnc1OC(F)F. The molecule has 0 radical (unpaired) electrons. The van der Waals surface area contributed by atoms with Crippen LogP contribution < -0.4 is 10.1 Å². The normalized spacial score (nSPS) is 10.2. The molecule has 0 aromatic carbocycles. The highest BCUT2D eigenvalue weighted by Gasteiger charge is 2.14. The van der Waals surface area contributed by atoms with Gasteiger partial charge in [-0.15, -0.1) is 0 Å². The van der Waals surface area contributed by atoms with E-state index in [-0.39, 0.29) is 16.4 Å². The highest BCUT2D eigenvalue weighted by atomic mass is 35.5. The van der Waals surface area contributed by atoms with Crippen LogP contribution >= 0.6 is 23.8 Å². The summed E-state index contributed by atoms with van der Waals surface area (Å²) in [5, 5.41) is 2.93. The van der Waals surface area contributed by atoms with E-state index in [2.05, 4.69) is 15.0 Å². The minimum absolute atomic E-state index is 0.236. The molecule has 3 nitrogen and oxygen atoms in total. The van der Waals surface area contributed by atoms with Crippen molar-refractivity contribution in [3.8, 4) is 5.88 Å². The van der Waals surface area contributed by atoms with E-state index in [4.69, 9.17) is 23.8 Å². The molecule has 0 unspecified atom stereocenters. The van der Waals surface area contributed by atoms with E-state index in [1.165, 1.54) is 12.3 Å². The number of halogens is 3. The molecule has 0 spiro atoms. The summed E-state index contributed by atoms with van der Waals surface area (Å²) in [6.07, 6.45) is 1.21. The van der Waals surface area contributed by atoms with E-state index in [0.717, 1.165) is 0 Å². The first-order chi connectivity index (χ1) is 7.04. The fourth-order valence-electron chi connectivity index (χ4n) is 0.902. The quantitative estimate of drug-likeness (QED) is 0.837. The fourth-order valence-corrected chi connectivity index (χ4v) is 1.21. The van der Waals surface area contributed by atoms with Crippen LogP contribution in [0.4, 0.5) is 8.78 Å². The van der Waals surface area contributed by atoms with Gasteiger partial charge >= 0.3 is 6.61 Å². The molecule has 0 aliphatic heterocycles. The van der Waals surface area contributed by atoms with Crippen molar-refractivity contribution in [2.45, 2.75) is 6.61 Å². The van der Waals surface area contributed by atoms with Crippen LogP contribution in [0.5, 0.6) is 5.88 Å². The summed E-state index contributed by atoms with van der Waals surface area (Å²) in [4.78, 5) is 3.86. The van der Waals surface area contributed by atoms with E-state index >= 15 is 0 Å². The standard InChI is InChI=1S/C8H7ClF2N2OS/c1-12-7(15)5-2-4(9)3-13-6(5)14-8(10)11/h2-3,8H,1H3,(H,12,15). The first kappa shape index (κ1) is 12.1. The molecule has 0 fully saturated rings. The maximum absolute atomic E-state index is 12.0. The lowest BCUT2D eigenvalue weighted by atomic mass is 10.2. The Morgan fingerprint density at radius 1 is 1.67 bits per heavy atom. The summed E-state index contributed by atoms with van der Waals surface area (Å²) in [7, 11) is 1.56. The molecule has 0 bridgehead atoms. The second-order valence-electron chi connectivity index (χ2n) is 2.46. The first-order valence-corrected chi connectivity index (χ1v) is 4.65. The Morgan fingerprint density at radius 3 is 2.87 bits per heavy atom. The van der Waals surface area contributed by atoms with Crippen LogP contribution in [0.25, 0.3) is 0 Å². The Balaban J connectivity index is 3.08. The Morgan fingerprint density at radius 2 is 2.33 bits per heavy atom. The van der Waals surface area contributed by atoms with Gasteiger partial charge < -0.3 is 10.1 Å². The van der Waals surface area contributed by atoms with Gasteiger partial charge in [0.05, 0.1) is 10.6 Å². The molecule has 0 saturated heterocycles. The molecule has 1 heterocycles. The van der Waals surface area contributed by atoms with Crippen LogP contribution in [0.1, 0.15) is 5.56 Å². The van der Waals surface area contributed by atoms with Gasteiger partial charge in [0.15, 0.2) is 0 Å². The monoisotopic (exact) mass is 252 g/mol. The molecule has 82 valence electrons. The van der Waals surface area contributed by atoms with Crippen molar-refractivity contribution < 1.29 is 13.5 Å². The molecule has 1 aromatic rings. The van der Waals surface area contributed by atoms with Gasteiger partial charge in [0.2, 0.25) is 5.88 Å². The molecule has 1 rings (SSSR count). The van der Waals surface area contributed by atoms with Crippen LogP contribution in [0.2, 0.25) is 5.02 Å². The lowest BCUT2D eigenvalue weighted by molar-refractivity contribution is -0.0529. The van der Waals surface area contributed by atoms with E-state index in [0.29, 0.717) is 5.02 Å². The Hall–Kier alpha value is -1.01. The third-order valence-corrected chi connectivity index (χ3v) is 2.12. The lowest BCUT2D eigenvalue weighted by Crippen LogP contribution is -2.19. The highest BCUT2D eigenvalue weighted by molar-refractivity contribution is 7.80. The molecule has 1 N–H and O–H groups in total. The predicted molar refractivity (Wildman–Crippen MR) is 56.6 cm³/mol. The van der Waals surface area contributed by atoms with Gasteiger partial charge in [-0.25, -0.2) is 4.98 Å². The zero-order chi connectivity index (χ0) is 11.4. The van der Waals surface area contributed by atoms with Gasteiger partial charge in [0.25, 0.3) is 0 Å². The number of alkyl halides is 2. The van der Waals surface area contributed by atoms with Crippen LogP contribution in [-0.2, 0) is 0 Å². The van der Waals surface area contributed by atoms with E-state index in [9.17, 15) is 8.78 Å². The van der Waals surface area contributed by atoms with Gasteiger partial charge in [0.1, 0.15) is 4.99 Å². The number of pyridine rings is 1. The highest BCUT2D eigenvalue weighted by Crippen LogP contribution is 2.21. The number of nitrogens with one attached hydrogen (secondary N) is 1. The minimum atomic E-state index is -2.95. The van der Waals surface area contributed by atoms with Gasteiger partial charge in [0, 0.05) is 13.2 Å². The second-order valence-corrected chi connectivity index (χ2v) is 3.31. The number of rotatable bonds is 3. The second kappa shape index (κ2) is 5.18. The van der Waals surface area contributed by atoms with E-state index in [1.54, 1.807) is 7.05 Å². The Labute approximate surface area is 95.4 Å². The summed E-state index contributed by atoms with van der Waals surface area (Å²) >= 11 is 10.5. The Bertz CT molecular complexity index is 376. The smallest absolute Gasteiger partial charge is 0.388 e. The van der Waals surface area contributed by atoms with E-state index in [1.807, 2.05) is 0 Å². The number of aromatic nitrogens is 1. The number of hydrogen-bond acceptors (Lipinski definition) is 3. The summed E-state index contributed by atoms with van der Waals surface area (Å²) in [5.74, 6) is -0.242. The molecule has 0 atom stereocenters. The summed E-state index contributed by atoms with van der Waals surface area (Å²) in [6.45, 7) is -2.95. The maximum atomic E-state index is 12.0. The Kier molecular flexibility index (Phi) is 4.16. The van der Waals surface area contributed by atoms with Crippen molar-refractivity contribution in [2.24, 2.45) is 0 Å². The fraction of sp³-hybridized carbons (Fsp3) is 0.250. The van der Waals surface area contributed by atoms with Crippen LogP contribution in [0.15, 0.2) is 12.3 Å². The third-order valence-electron chi connectivity index (χ3n) is 1.49. The van der Waals surface area contributed by atoms with Gasteiger partial charge in [-0.1, -0.05) is 23.8 Å². The molecule has 0 amide bonds. The molecule has 0 aliphatic carbocycles. The molecular weight excluding hydrogens is 246 g/mol. The summed E-state index contributed by atoms with van der Waals surface area (Å²) in [6, 6.07) is 1.41. The average molecular weight is 253 g/mol. The van der Waals surface area contributed by atoms with Crippen LogP contribution in [0.3, 0.4) is 0 Å². The van der Waals surface area contributed by atoms with Gasteiger partial charge in [-0.2, -0.15) is 8.78 Å². The summed E-state index contributed by atoms with van der Waals surface area (Å²) in [5.41, 5.74) is 0.236. The average Bonchev–Trinajstić information content (AvgIpc) is 2.19. The van der Waals surface area contributed by atoms with Gasteiger partial charge in [-0.05, 0) is 6.07 Å². The number of hydrogen-bond donors (Lipinski definition) is 1. The van der Waals surface area contributed by atoms with Crippen molar-refractivity contribution in [3.05, 3.63) is 22.8 Å². The topological polar surface area (TPSA) is 34.2 Å². The minimum Gasteiger partial charge on any atom is -0.416 e. The third kappa shape index (κ3) is 3.24. The molecule has 15 heavy (non-hydrogen) atoms. The van der Waals surface area contributed by atoms with Crippen LogP contribution in [-0.4, -0.2) is 23.6 Å². The molecule has 1 aromatic heterocycles. The van der Waals surface area contributed by atoms with E-state index < -0.39 is 6.61 Å². The number of thiocarbonyl (C=S) groups is 1. The van der Waals surface area contributed by atoms with Gasteiger partial charge in [-0.3, -0.25) is 0 Å².